The van der Waals surface area contributed by atoms with Gasteiger partial charge in [-0.1, -0.05) is 23.7 Å². The van der Waals surface area contributed by atoms with Crippen LogP contribution in [-0.4, -0.2) is 17.0 Å². The number of hydrogen-bond donors (Lipinski definition) is 2. The van der Waals surface area contributed by atoms with Crippen molar-refractivity contribution in [3.63, 3.8) is 0 Å². The fraction of sp³-hybridized carbons (Fsp3) is 0.0667. The van der Waals surface area contributed by atoms with E-state index in [1.807, 2.05) is 0 Å². The van der Waals surface area contributed by atoms with Crippen molar-refractivity contribution < 1.29 is 14.7 Å². The molecule has 6 heteroatoms. The molecule has 0 aromatic heterocycles. The maximum absolute atomic E-state index is 12.1. The fourth-order valence-electron chi connectivity index (χ4n) is 1.71. The van der Waals surface area contributed by atoms with Crippen molar-refractivity contribution in [2.45, 2.75) is 6.54 Å². The van der Waals surface area contributed by atoms with E-state index in [0.717, 1.165) is 9.13 Å². The molecule has 2 aromatic rings. The minimum atomic E-state index is -0.973. The largest absolute Gasteiger partial charge is 0.478 e. The molecular formula is C15H11ClINO3. The second-order valence-corrected chi connectivity index (χ2v) is 5.91. The molecule has 4 nitrogen and oxygen atoms in total. The first-order valence-corrected chi connectivity index (χ1v) is 7.48. The van der Waals surface area contributed by atoms with Gasteiger partial charge in [-0.3, -0.25) is 4.79 Å². The zero-order valence-electron chi connectivity index (χ0n) is 10.8. The predicted molar refractivity (Wildman–Crippen MR) is 88.7 cm³/mol. The van der Waals surface area contributed by atoms with Crippen molar-refractivity contribution in [3.8, 4) is 0 Å². The standard InChI is InChI=1S/C15H11ClINO3/c16-11-5-6-13(17)12(7-11)14(19)18-8-9-1-3-10(4-2-9)15(20)21/h1-7H,8H2,(H,18,19)(H,20,21). The van der Waals surface area contributed by atoms with E-state index in [4.69, 9.17) is 16.7 Å². The highest BCUT2D eigenvalue weighted by Crippen LogP contribution is 2.18. The Balaban J connectivity index is 2.04. The van der Waals surface area contributed by atoms with E-state index >= 15 is 0 Å². The zero-order valence-corrected chi connectivity index (χ0v) is 13.7. The number of rotatable bonds is 4. The van der Waals surface area contributed by atoms with Gasteiger partial charge in [0, 0.05) is 15.1 Å². The Bertz CT molecular complexity index is 686. The lowest BCUT2D eigenvalue weighted by Gasteiger charge is -2.08. The molecule has 0 radical (unpaired) electrons. The topological polar surface area (TPSA) is 66.4 Å². The SMILES string of the molecule is O=C(O)c1ccc(CNC(=O)c2cc(Cl)ccc2I)cc1. The van der Waals surface area contributed by atoms with E-state index in [2.05, 4.69) is 27.9 Å². The van der Waals surface area contributed by atoms with Crippen LogP contribution in [0.25, 0.3) is 0 Å². The number of carboxylic acid groups (broad SMARTS) is 1. The van der Waals surface area contributed by atoms with E-state index < -0.39 is 5.97 Å². The smallest absolute Gasteiger partial charge is 0.335 e. The maximum Gasteiger partial charge on any atom is 0.335 e. The molecular weight excluding hydrogens is 405 g/mol. The third kappa shape index (κ3) is 4.18. The van der Waals surface area contributed by atoms with E-state index in [1.165, 1.54) is 12.1 Å². The van der Waals surface area contributed by atoms with Gasteiger partial charge < -0.3 is 10.4 Å². The molecule has 2 N–H and O–H groups in total. The summed E-state index contributed by atoms with van der Waals surface area (Å²) in [5.41, 5.74) is 1.56. The van der Waals surface area contributed by atoms with Gasteiger partial charge in [-0.25, -0.2) is 4.79 Å². The lowest BCUT2D eigenvalue weighted by atomic mass is 10.1. The van der Waals surface area contributed by atoms with Crippen LogP contribution in [0.4, 0.5) is 0 Å². The minimum Gasteiger partial charge on any atom is -0.478 e. The summed E-state index contributed by atoms with van der Waals surface area (Å²) < 4.78 is 0.815. The fourth-order valence-corrected chi connectivity index (χ4v) is 2.47. The molecule has 108 valence electrons. The molecule has 21 heavy (non-hydrogen) atoms. The van der Waals surface area contributed by atoms with Gasteiger partial charge in [0.2, 0.25) is 0 Å². The van der Waals surface area contributed by atoms with Crippen LogP contribution in [0, 0.1) is 3.57 Å². The number of carboxylic acids is 1. The van der Waals surface area contributed by atoms with Gasteiger partial charge in [-0.05, 0) is 58.5 Å². The normalized spacial score (nSPS) is 10.2. The number of hydrogen-bond acceptors (Lipinski definition) is 2. The Morgan fingerprint density at radius 2 is 1.81 bits per heavy atom. The first kappa shape index (κ1) is 15.8. The number of carbonyl (C=O) groups is 2. The lowest BCUT2D eigenvalue weighted by Crippen LogP contribution is -2.23. The molecule has 0 spiro atoms. The minimum absolute atomic E-state index is 0.217. The van der Waals surface area contributed by atoms with Crippen molar-refractivity contribution >= 4 is 46.1 Å². The van der Waals surface area contributed by atoms with Crippen molar-refractivity contribution in [1.29, 1.82) is 0 Å². The Morgan fingerprint density at radius 1 is 1.14 bits per heavy atom. The third-order valence-corrected chi connectivity index (χ3v) is 4.00. The summed E-state index contributed by atoms with van der Waals surface area (Å²) >= 11 is 7.96. The van der Waals surface area contributed by atoms with Gasteiger partial charge in [0.05, 0.1) is 11.1 Å². The highest BCUT2D eigenvalue weighted by Gasteiger charge is 2.10. The highest BCUT2D eigenvalue weighted by molar-refractivity contribution is 14.1. The first-order valence-electron chi connectivity index (χ1n) is 6.03. The van der Waals surface area contributed by atoms with Gasteiger partial charge in [0.1, 0.15) is 0 Å². The maximum atomic E-state index is 12.1. The second kappa shape index (κ2) is 6.91. The number of nitrogens with one attached hydrogen (secondary N) is 1. The Hall–Kier alpha value is -1.60. The quantitative estimate of drug-likeness (QED) is 0.750. The third-order valence-electron chi connectivity index (χ3n) is 2.83. The molecule has 0 aliphatic rings. The van der Waals surface area contributed by atoms with Crippen molar-refractivity contribution in [3.05, 3.63) is 67.7 Å². The van der Waals surface area contributed by atoms with Gasteiger partial charge in [0.25, 0.3) is 5.91 Å². The molecule has 0 bridgehead atoms. The van der Waals surface area contributed by atoms with Crippen LogP contribution >= 0.6 is 34.2 Å². The first-order chi connectivity index (χ1) is 9.97. The van der Waals surface area contributed by atoms with E-state index in [1.54, 1.807) is 30.3 Å². The number of halogens is 2. The van der Waals surface area contributed by atoms with Gasteiger partial charge in [-0.2, -0.15) is 0 Å². The molecule has 0 heterocycles. The van der Waals surface area contributed by atoms with E-state index in [9.17, 15) is 9.59 Å². The van der Waals surface area contributed by atoms with Crippen molar-refractivity contribution in [1.82, 2.24) is 5.32 Å². The number of benzene rings is 2. The Labute approximate surface area is 140 Å². The number of amides is 1. The molecule has 0 atom stereocenters. The van der Waals surface area contributed by atoms with E-state index in [0.29, 0.717) is 17.1 Å². The number of carbonyl (C=O) groups excluding carboxylic acids is 1. The Morgan fingerprint density at radius 3 is 2.43 bits per heavy atom. The van der Waals surface area contributed by atoms with Crippen molar-refractivity contribution in [2.24, 2.45) is 0 Å². The Kier molecular flexibility index (Phi) is 5.19. The van der Waals surface area contributed by atoms with Crippen LogP contribution in [-0.2, 0) is 6.54 Å². The zero-order chi connectivity index (χ0) is 15.4. The molecule has 0 saturated carbocycles. The molecule has 0 aliphatic carbocycles. The molecule has 2 rings (SSSR count). The molecule has 1 amide bonds. The van der Waals surface area contributed by atoms with Gasteiger partial charge >= 0.3 is 5.97 Å². The monoisotopic (exact) mass is 415 g/mol. The van der Waals surface area contributed by atoms with Gasteiger partial charge in [0.15, 0.2) is 0 Å². The summed E-state index contributed by atoms with van der Waals surface area (Å²) in [5.74, 6) is -1.19. The summed E-state index contributed by atoms with van der Waals surface area (Å²) in [6.45, 7) is 0.321. The summed E-state index contributed by atoms with van der Waals surface area (Å²) in [6, 6.07) is 11.5. The lowest BCUT2D eigenvalue weighted by molar-refractivity contribution is 0.0696. The average Bonchev–Trinajstić information content (AvgIpc) is 2.47. The molecule has 0 fully saturated rings. The predicted octanol–water partition coefficient (Wildman–Crippen LogP) is 3.57. The van der Waals surface area contributed by atoms with Crippen molar-refractivity contribution in [2.75, 3.05) is 0 Å². The van der Waals surface area contributed by atoms with Crippen LogP contribution < -0.4 is 5.32 Å². The summed E-state index contributed by atoms with van der Waals surface area (Å²) in [5, 5.41) is 12.1. The van der Waals surface area contributed by atoms with Crippen LogP contribution in [0.15, 0.2) is 42.5 Å². The van der Waals surface area contributed by atoms with Crippen LogP contribution in [0.5, 0.6) is 0 Å². The summed E-state index contributed by atoms with van der Waals surface area (Å²) in [6.07, 6.45) is 0. The summed E-state index contributed by atoms with van der Waals surface area (Å²) in [4.78, 5) is 22.8. The van der Waals surface area contributed by atoms with Crippen LogP contribution in [0.2, 0.25) is 5.02 Å². The van der Waals surface area contributed by atoms with E-state index in [-0.39, 0.29) is 11.5 Å². The van der Waals surface area contributed by atoms with Crippen LogP contribution in [0.3, 0.4) is 0 Å². The molecule has 0 saturated heterocycles. The average molecular weight is 416 g/mol. The summed E-state index contributed by atoms with van der Waals surface area (Å²) in [7, 11) is 0. The second-order valence-electron chi connectivity index (χ2n) is 4.31. The van der Waals surface area contributed by atoms with Gasteiger partial charge in [-0.15, -0.1) is 0 Å². The molecule has 0 unspecified atom stereocenters. The van der Waals surface area contributed by atoms with Crippen LogP contribution in [0.1, 0.15) is 26.3 Å². The highest BCUT2D eigenvalue weighted by atomic mass is 127. The molecule has 0 aliphatic heterocycles. The number of aromatic carboxylic acids is 1. The molecule has 2 aromatic carbocycles.